The molecule has 0 aromatic heterocycles. The highest BCUT2D eigenvalue weighted by molar-refractivity contribution is 6.39. The highest BCUT2D eigenvalue weighted by Gasteiger charge is 2.53. The Bertz CT molecular complexity index is 1280. The summed E-state index contributed by atoms with van der Waals surface area (Å²) in [6, 6.07) is 7.49. The standard InChI is InChI=1S/C40H64N4O4/c1-28(2)22-27-43(8)35-37(48)44(40(42-35)24-18-31(19-25-40)38(3,4)5)33(20-23-39(6,7)32-12-10-9-11-13-32)29-14-16-30(17-15-29)36(47)41-26-21-34(45)46/h14-17,28,31-33H,9-13,18-27H2,1-8H3,(H,41,47)(H,45,46)/t31?,33-,40?/m1/s1. The van der Waals surface area contributed by atoms with Crippen molar-refractivity contribution in [1.82, 2.24) is 15.1 Å². The quantitative estimate of drug-likeness (QED) is 0.220. The van der Waals surface area contributed by atoms with Crippen LogP contribution in [0.3, 0.4) is 0 Å². The molecule has 2 amide bonds. The molecule has 0 radical (unpaired) electrons. The van der Waals surface area contributed by atoms with Crippen LogP contribution in [0, 0.1) is 28.6 Å². The Hall–Kier alpha value is -2.90. The number of aliphatic carboxylic acids is 1. The van der Waals surface area contributed by atoms with Crippen LogP contribution in [0.2, 0.25) is 0 Å². The normalized spacial score (nSPS) is 23.0. The van der Waals surface area contributed by atoms with Gasteiger partial charge in [-0.15, -0.1) is 0 Å². The first kappa shape index (κ1) is 37.9. The van der Waals surface area contributed by atoms with Gasteiger partial charge in [0.15, 0.2) is 5.84 Å². The number of aliphatic imine (C=N–C) groups is 1. The molecule has 0 saturated heterocycles. The first-order valence-electron chi connectivity index (χ1n) is 18.8. The molecule has 268 valence electrons. The summed E-state index contributed by atoms with van der Waals surface area (Å²) in [6.45, 7) is 17.1. The van der Waals surface area contributed by atoms with Crippen LogP contribution in [0.5, 0.6) is 0 Å². The highest BCUT2D eigenvalue weighted by atomic mass is 16.4. The fourth-order valence-electron chi connectivity index (χ4n) is 8.42. The first-order valence-corrected chi connectivity index (χ1v) is 18.8. The molecule has 1 heterocycles. The van der Waals surface area contributed by atoms with Gasteiger partial charge in [0.2, 0.25) is 0 Å². The van der Waals surface area contributed by atoms with Crippen LogP contribution in [-0.4, -0.2) is 64.3 Å². The number of nitrogens with zero attached hydrogens (tertiary/aromatic N) is 3. The molecule has 4 rings (SSSR count). The van der Waals surface area contributed by atoms with Crippen molar-refractivity contribution < 1.29 is 19.5 Å². The number of hydrogen-bond donors (Lipinski definition) is 2. The van der Waals surface area contributed by atoms with E-state index in [-0.39, 0.29) is 41.7 Å². The minimum Gasteiger partial charge on any atom is -0.481 e. The molecule has 2 N–H and O–H groups in total. The van der Waals surface area contributed by atoms with E-state index in [1.165, 1.54) is 32.1 Å². The van der Waals surface area contributed by atoms with Gasteiger partial charge >= 0.3 is 5.97 Å². The number of carboxylic acids is 1. The zero-order valence-electron chi connectivity index (χ0n) is 31.2. The van der Waals surface area contributed by atoms with E-state index in [2.05, 4.69) is 63.6 Å². The fraction of sp³-hybridized carbons (Fsp3) is 0.750. The summed E-state index contributed by atoms with van der Waals surface area (Å²) < 4.78 is 0. The summed E-state index contributed by atoms with van der Waals surface area (Å²) in [5, 5.41) is 11.7. The molecule has 1 aliphatic heterocycles. The van der Waals surface area contributed by atoms with Crippen LogP contribution in [-0.2, 0) is 9.59 Å². The van der Waals surface area contributed by atoms with Crippen molar-refractivity contribution in [2.75, 3.05) is 20.1 Å². The number of carbonyl (C=O) groups excluding carboxylic acids is 2. The topological polar surface area (TPSA) is 102 Å². The second-order valence-corrected chi connectivity index (χ2v) is 17.2. The summed E-state index contributed by atoms with van der Waals surface area (Å²) in [4.78, 5) is 48.2. The molecule has 2 saturated carbocycles. The summed E-state index contributed by atoms with van der Waals surface area (Å²) in [5.41, 5.74) is 1.31. The number of amidine groups is 1. The predicted octanol–water partition coefficient (Wildman–Crippen LogP) is 8.47. The molecule has 1 atom stereocenters. The van der Waals surface area contributed by atoms with Crippen LogP contribution in [0.1, 0.15) is 154 Å². The van der Waals surface area contributed by atoms with Crippen molar-refractivity contribution in [3.8, 4) is 0 Å². The summed E-state index contributed by atoms with van der Waals surface area (Å²) in [5.74, 6) is 1.20. The molecule has 1 aromatic carbocycles. The van der Waals surface area contributed by atoms with Gasteiger partial charge in [0.25, 0.3) is 11.8 Å². The zero-order valence-corrected chi connectivity index (χ0v) is 31.2. The maximum Gasteiger partial charge on any atom is 0.305 e. The highest BCUT2D eigenvalue weighted by Crippen LogP contribution is 2.51. The lowest BCUT2D eigenvalue weighted by Gasteiger charge is -2.48. The van der Waals surface area contributed by atoms with E-state index in [1.807, 2.05) is 31.3 Å². The summed E-state index contributed by atoms with van der Waals surface area (Å²) >= 11 is 0. The van der Waals surface area contributed by atoms with Crippen LogP contribution >= 0.6 is 0 Å². The van der Waals surface area contributed by atoms with Crippen molar-refractivity contribution in [3.63, 3.8) is 0 Å². The van der Waals surface area contributed by atoms with Crippen LogP contribution in [0.15, 0.2) is 29.3 Å². The van der Waals surface area contributed by atoms with E-state index in [0.29, 0.717) is 29.2 Å². The van der Waals surface area contributed by atoms with Crippen molar-refractivity contribution >= 4 is 23.6 Å². The average Bonchev–Trinajstić information content (AvgIpc) is 3.31. The Labute approximate surface area is 290 Å². The lowest BCUT2D eigenvalue weighted by Crippen LogP contribution is -2.52. The Morgan fingerprint density at radius 1 is 0.979 bits per heavy atom. The molecule has 0 unspecified atom stereocenters. The van der Waals surface area contributed by atoms with E-state index in [1.54, 1.807) is 0 Å². The zero-order chi connectivity index (χ0) is 35.3. The van der Waals surface area contributed by atoms with E-state index < -0.39 is 11.6 Å². The number of hydrogen-bond acceptors (Lipinski definition) is 5. The van der Waals surface area contributed by atoms with Gasteiger partial charge in [-0.2, -0.15) is 0 Å². The molecule has 3 aliphatic rings. The molecular formula is C40H64N4O4. The number of carbonyl (C=O) groups is 3. The minimum absolute atomic E-state index is 0.0337. The second-order valence-electron chi connectivity index (χ2n) is 17.2. The third-order valence-corrected chi connectivity index (χ3v) is 11.9. The van der Waals surface area contributed by atoms with Gasteiger partial charge in [-0.05, 0) is 104 Å². The van der Waals surface area contributed by atoms with Gasteiger partial charge in [-0.3, -0.25) is 14.4 Å². The van der Waals surface area contributed by atoms with E-state index in [0.717, 1.165) is 57.1 Å². The van der Waals surface area contributed by atoms with Gasteiger partial charge in [0.1, 0.15) is 5.66 Å². The lowest BCUT2D eigenvalue weighted by molar-refractivity contribution is -0.137. The number of amides is 2. The lowest BCUT2D eigenvalue weighted by atomic mass is 9.67. The van der Waals surface area contributed by atoms with Crippen LogP contribution < -0.4 is 5.32 Å². The minimum atomic E-state index is -0.943. The molecule has 48 heavy (non-hydrogen) atoms. The third kappa shape index (κ3) is 9.20. The third-order valence-electron chi connectivity index (χ3n) is 11.9. The number of carboxylic acid groups (broad SMARTS) is 1. The smallest absolute Gasteiger partial charge is 0.305 e. The van der Waals surface area contributed by atoms with E-state index in [4.69, 9.17) is 10.1 Å². The molecule has 2 aliphatic carbocycles. The molecule has 1 aromatic rings. The Kier molecular flexibility index (Phi) is 12.4. The van der Waals surface area contributed by atoms with Crippen LogP contribution in [0.4, 0.5) is 0 Å². The molecular weight excluding hydrogens is 600 g/mol. The molecule has 8 heteroatoms. The maximum absolute atomic E-state index is 14.8. The van der Waals surface area contributed by atoms with Crippen molar-refractivity contribution in [2.24, 2.45) is 33.6 Å². The van der Waals surface area contributed by atoms with Crippen molar-refractivity contribution in [3.05, 3.63) is 35.4 Å². The number of rotatable bonds is 13. The van der Waals surface area contributed by atoms with Gasteiger partial charge in [-0.1, -0.05) is 79.9 Å². The molecule has 2 fully saturated rings. The Morgan fingerprint density at radius 2 is 1.60 bits per heavy atom. The molecule has 1 spiro atoms. The van der Waals surface area contributed by atoms with Gasteiger partial charge < -0.3 is 20.2 Å². The monoisotopic (exact) mass is 664 g/mol. The van der Waals surface area contributed by atoms with Crippen molar-refractivity contribution in [1.29, 1.82) is 0 Å². The first-order chi connectivity index (χ1) is 22.5. The van der Waals surface area contributed by atoms with E-state index in [9.17, 15) is 14.4 Å². The number of nitrogens with one attached hydrogen (secondary N) is 1. The van der Waals surface area contributed by atoms with Gasteiger partial charge in [-0.25, -0.2) is 4.99 Å². The molecule has 0 bridgehead atoms. The summed E-state index contributed by atoms with van der Waals surface area (Å²) in [7, 11) is 2.02. The van der Waals surface area contributed by atoms with E-state index >= 15 is 0 Å². The summed E-state index contributed by atoms with van der Waals surface area (Å²) in [6.07, 6.45) is 13.0. The number of likely N-dealkylation sites (N-methyl/N-ethyl adjacent to an activating group) is 1. The van der Waals surface area contributed by atoms with Gasteiger partial charge in [0.05, 0.1) is 12.5 Å². The van der Waals surface area contributed by atoms with Crippen LogP contribution in [0.25, 0.3) is 0 Å². The Balaban J connectivity index is 1.70. The molecule has 8 nitrogen and oxygen atoms in total. The van der Waals surface area contributed by atoms with Gasteiger partial charge in [0, 0.05) is 25.7 Å². The largest absolute Gasteiger partial charge is 0.481 e. The SMILES string of the molecule is CC(C)CCN(C)C1=NC2(CCC(C(C)(C)C)CC2)N([C@H](CCC(C)(C)C2CCCCC2)c2ccc(C(=O)NCCC(=O)O)cc2)C1=O. The second kappa shape index (κ2) is 15.8. The number of benzene rings is 1. The maximum atomic E-state index is 14.8. The average molecular weight is 665 g/mol. The predicted molar refractivity (Wildman–Crippen MR) is 194 cm³/mol. The van der Waals surface area contributed by atoms with Crippen molar-refractivity contribution in [2.45, 2.75) is 144 Å². The fourth-order valence-corrected chi connectivity index (χ4v) is 8.42. The Morgan fingerprint density at radius 3 is 2.17 bits per heavy atom.